The van der Waals surface area contributed by atoms with E-state index in [9.17, 15) is 13.6 Å². The van der Waals surface area contributed by atoms with Crippen molar-refractivity contribution in [3.8, 4) is 11.4 Å². The van der Waals surface area contributed by atoms with Gasteiger partial charge < -0.3 is 5.11 Å². The SMILES string of the molecule is O=C(O)c1cc(F)c(F)cc1-c1nnc2ccncn12. The summed E-state index contributed by atoms with van der Waals surface area (Å²) in [5.74, 6) is -3.72. The topological polar surface area (TPSA) is 80.4 Å². The Balaban J connectivity index is 2.34. The third kappa shape index (κ3) is 1.78. The van der Waals surface area contributed by atoms with E-state index in [2.05, 4.69) is 15.2 Å². The van der Waals surface area contributed by atoms with Gasteiger partial charge >= 0.3 is 5.97 Å². The molecule has 6 nitrogen and oxygen atoms in total. The fourth-order valence-corrected chi connectivity index (χ4v) is 1.84. The lowest BCUT2D eigenvalue weighted by Gasteiger charge is -2.05. The Morgan fingerprint density at radius 2 is 1.95 bits per heavy atom. The monoisotopic (exact) mass is 276 g/mol. The summed E-state index contributed by atoms with van der Waals surface area (Å²) in [6.07, 6.45) is 2.84. The average molecular weight is 276 g/mol. The normalized spacial score (nSPS) is 10.9. The Labute approximate surface area is 110 Å². The van der Waals surface area contributed by atoms with Gasteiger partial charge in [-0.05, 0) is 12.1 Å². The summed E-state index contributed by atoms with van der Waals surface area (Å²) in [5, 5.41) is 16.7. The molecule has 0 fully saturated rings. The Morgan fingerprint density at radius 1 is 1.20 bits per heavy atom. The molecule has 0 radical (unpaired) electrons. The van der Waals surface area contributed by atoms with E-state index in [-0.39, 0.29) is 11.4 Å². The molecule has 100 valence electrons. The number of carbonyl (C=O) groups is 1. The number of nitrogens with zero attached hydrogens (tertiary/aromatic N) is 4. The predicted molar refractivity (Wildman–Crippen MR) is 63.1 cm³/mol. The maximum Gasteiger partial charge on any atom is 0.336 e. The van der Waals surface area contributed by atoms with Crippen LogP contribution in [-0.2, 0) is 0 Å². The minimum atomic E-state index is -1.39. The Bertz CT molecular complexity index is 831. The molecule has 3 aromatic rings. The first-order valence-corrected chi connectivity index (χ1v) is 5.45. The van der Waals surface area contributed by atoms with E-state index in [1.807, 2.05) is 0 Å². The van der Waals surface area contributed by atoms with E-state index in [0.29, 0.717) is 11.7 Å². The van der Waals surface area contributed by atoms with Crippen LogP contribution >= 0.6 is 0 Å². The molecule has 8 heteroatoms. The van der Waals surface area contributed by atoms with Crippen molar-refractivity contribution in [2.24, 2.45) is 0 Å². The quantitative estimate of drug-likeness (QED) is 0.771. The molecular formula is C12H6F2N4O2. The molecular weight excluding hydrogens is 270 g/mol. The maximum absolute atomic E-state index is 13.4. The summed E-state index contributed by atoms with van der Waals surface area (Å²) in [6.45, 7) is 0. The zero-order valence-electron chi connectivity index (χ0n) is 9.79. The summed E-state index contributed by atoms with van der Waals surface area (Å²) in [7, 11) is 0. The highest BCUT2D eigenvalue weighted by Crippen LogP contribution is 2.25. The fourth-order valence-electron chi connectivity index (χ4n) is 1.84. The maximum atomic E-state index is 13.4. The summed E-state index contributed by atoms with van der Waals surface area (Å²) < 4.78 is 27.9. The van der Waals surface area contributed by atoms with Crippen molar-refractivity contribution in [1.29, 1.82) is 0 Å². The van der Waals surface area contributed by atoms with Gasteiger partial charge in [-0.15, -0.1) is 10.2 Å². The molecule has 0 atom stereocenters. The van der Waals surface area contributed by atoms with E-state index in [4.69, 9.17) is 5.11 Å². The van der Waals surface area contributed by atoms with Gasteiger partial charge in [-0.3, -0.25) is 4.40 Å². The van der Waals surface area contributed by atoms with E-state index < -0.39 is 23.2 Å². The van der Waals surface area contributed by atoms with Crippen LogP contribution in [0.1, 0.15) is 10.4 Å². The van der Waals surface area contributed by atoms with Gasteiger partial charge in [0, 0.05) is 17.8 Å². The lowest BCUT2D eigenvalue weighted by molar-refractivity contribution is 0.0697. The van der Waals surface area contributed by atoms with Crippen molar-refractivity contribution < 1.29 is 18.7 Å². The fraction of sp³-hybridized carbons (Fsp3) is 0. The summed E-state index contributed by atoms with van der Waals surface area (Å²) in [5.41, 5.74) is -0.0602. The molecule has 0 saturated heterocycles. The minimum absolute atomic E-state index is 0.0723. The second-order valence-corrected chi connectivity index (χ2v) is 3.95. The van der Waals surface area contributed by atoms with Gasteiger partial charge in [-0.25, -0.2) is 18.6 Å². The number of carboxylic acids is 1. The van der Waals surface area contributed by atoms with Gasteiger partial charge in [0.25, 0.3) is 0 Å². The summed E-state index contributed by atoms with van der Waals surface area (Å²) in [6, 6.07) is 2.95. The van der Waals surface area contributed by atoms with Gasteiger partial charge in [0.1, 0.15) is 6.33 Å². The highest BCUT2D eigenvalue weighted by molar-refractivity contribution is 5.95. The predicted octanol–water partition coefficient (Wildman–Crippen LogP) is 1.77. The third-order valence-corrected chi connectivity index (χ3v) is 2.75. The molecule has 0 unspecified atom stereocenters. The molecule has 0 saturated carbocycles. The number of rotatable bonds is 2. The van der Waals surface area contributed by atoms with E-state index in [1.165, 1.54) is 16.9 Å². The molecule has 0 spiro atoms. The van der Waals surface area contributed by atoms with Crippen LogP contribution in [-0.4, -0.2) is 30.7 Å². The number of aromatic carboxylic acids is 1. The largest absolute Gasteiger partial charge is 0.478 e. The molecule has 1 N–H and O–H groups in total. The molecule has 3 rings (SSSR count). The van der Waals surface area contributed by atoms with Gasteiger partial charge in [-0.2, -0.15) is 0 Å². The van der Waals surface area contributed by atoms with Crippen LogP contribution in [0.25, 0.3) is 17.0 Å². The zero-order chi connectivity index (χ0) is 14.3. The first-order valence-electron chi connectivity index (χ1n) is 5.45. The summed E-state index contributed by atoms with van der Waals surface area (Å²) >= 11 is 0. The van der Waals surface area contributed by atoms with E-state index in [1.54, 1.807) is 6.07 Å². The van der Waals surface area contributed by atoms with Crippen molar-refractivity contribution in [1.82, 2.24) is 19.6 Å². The third-order valence-electron chi connectivity index (χ3n) is 2.75. The second-order valence-electron chi connectivity index (χ2n) is 3.95. The van der Waals surface area contributed by atoms with Crippen molar-refractivity contribution in [3.05, 3.63) is 47.9 Å². The van der Waals surface area contributed by atoms with Crippen molar-refractivity contribution in [2.75, 3.05) is 0 Å². The lowest BCUT2D eigenvalue weighted by atomic mass is 10.1. The molecule has 0 aliphatic carbocycles. The number of fused-ring (bicyclic) bond motifs is 1. The molecule has 0 aliphatic heterocycles. The second kappa shape index (κ2) is 4.34. The number of hydrogen-bond donors (Lipinski definition) is 1. The van der Waals surface area contributed by atoms with Crippen LogP contribution in [0.4, 0.5) is 8.78 Å². The first kappa shape index (κ1) is 12.2. The Morgan fingerprint density at radius 3 is 2.70 bits per heavy atom. The van der Waals surface area contributed by atoms with Crippen molar-refractivity contribution in [3.63, 3.8) is 0 Å². The number of aromatic nitrogens is 4. The summed E-state index contributed by atoms with van der Waals surface area (Å²) in [4.78, 5) is 15.0. The molecule has 0 aliphatic rings. The number of hydrogen-bond acceptors (Lipinski definition) is 4. The van der Waals surface area contributed by atoms with Crippen LogP contribution in [0, 0.1) is 11.6 Å². The Kier molecular flexibility index (Phi) is 2.63. The molecule has 2 aromatic heterocycles. The number of halogens is 2. The van der Waals surface area contributed by atoms with Gasteiger partial charge in [0.15, 0.2) is 23.1 Å². The lowest BCUT2D eigenvalue weighted by Crippen LogP contribution is -2.04. The van der Waals surface area contributed by atoms with Crippen molar-refractivity contribution in [2.45, 2.75) is 0 Å². The van der Waals surface area contributed by atoms with Crippen LogP contribution in [0.3, 0.4) is 0 Å². The Hall–Kier alpha value is -2.90. The van der Waals surface area contributed by atoms with Gasteiger partial charge in [0.2, 0.25) is 0 Å². The van der Waals surface area contributed by atoms with Crippen molar-refractivity contribution >= 4 is 11.6 Å². The zero-order valence-corrected chi connectivity index (χ0v) is 9.79. The van der Waals surface area contributed by atoms with Crippen LogP contribution in [0.5, 0.6) is 0 Å². The van der Waals surface area contributed by atoms with E-state index in [0.717, 1.165) is 6.07 Å². The molecule has 2 heterocycles. The van der Waals surface area contributed by atoms with Gasteiger partial charge in [-0.1, -0.05) is 0 Å². The molecule has 0 amide bonds. The average Bonchev–Trinajstić information content (AvgIpc) is 2.85. The number of benzene rings is 1. The van der Waals surface area contributed by atoms with E-state index >= 15 is 0 Å². The standard InChI is InChI=1S/C12H6F2N4O2/c13-8-3-6(7(12(19)20)4-9(8)14)11-17-16-10-1-2-15-5-18(10)11/h1-5H,(H,19,20). The minimum Gasteiger partial charge on any atom is -0.478 e. The molecule has 0 bridgehead atoms. The first-order chi connectivity index (χ1) is 9.58. The van der Waals surface area contributed by atoms with Crippen LogP contribution < -0.4 is 0 Å². The van der Waals surface area contributed by atoms with Gasteiger partial charge in [0.05, 0.1) is 5.56 Å². The molecule has 20 heavy (non-hydrogen) atoms. The number of carboxylic acid groups (broad SMARTS) is 1. The van der Waals surface area contributed by atoms with Crippen LogP contribution in [0.15, 0.2) is 30.7 Å². The molecule has 1 aromatic carbocycles. The highest BCUT2D eigenvalue weighted by Gasteiger charge is 2.20. The van der Waals surface area contributed by atoms with Crippen LogP contribution in [0.2, 0.25) is 0 Å². The smallest absolute Gasteiger partial charge is 0.336 e. The highest BCUT2D eigenvalue weighted by atomic mass is 19.2.